The highest BCUT2D eigenvalue weighted by molar-refractivity contribution is 6.20. The van der Waals surface area contributed by atoms with Crippen molar-refractivity contribution in [1.29, 1.82) is 0 Å². The van der Waals surface area contributed by atoms with E-state index in [2.05, 4.69) is 76.2 Å². The van der Waals surface area contributed by atoms with Gasteiger partial charge in [0.2, 0.25) is 0 Å². The average Bonchev–Trinajstić information content (AvgIpc) is 2.38. The molecule has 1 heteroatoms. The molecule has 106 valence electrons. The third-order valence-electron chi connectivity index (χ3n) is 3.64. The maximum atomic E-state index is 6.56. The summed E-state index contributed by atoms with van der Waals surface area (Å²) in [6.45, 7) is 8.80. The Morgan fingerprint density at radius 3 is 2.20 bits per heavy atom. The Bertz CT molecular complexity index is 561. The number of hydrogen-bond donors (Lipinski definition) is 0. The Morgan fingerprint density at radius 2 is 1.65 bits per heavy atom. The summed E-state index contributed by atoms with van der Waals surface area (Å²) in [5.74, 6) is 0. The molecular weight excluding hydrogens is 264 g/mol. The van der Waals surface area contributed by atoms with Crippen LogP contribution in [0.1, 0.15) is 48.4 Å². The lowest BCUT2D eigenvalue weighted by atomic mass is 9.86. The topological polar surface area (TPSA) is 0 Å². The molecule has 0 N–H and O–H groups in total. The molecule has 0 bridgehead atoms. The fraction of sp³-hybridized carbons (Fsp3) is 0.368. The van der Waals surface area contributed by atoms with Gasteiger partial charge in [0.05, 0.1) is 5.38 Å². The second-order valence-electron chi connectivity index (χ2n) is 6.53. The van der Waals surface area contributed by atoms with Gasteiger partial charge in [0.1, 0.15) is 0 Å². The summed E-state index contributed by atoms with van der Waals surface area (Å²) in [4.78, 5) is 0. The van der Waals surface area contributed by atoms with Gasteiger partial charge in [0.25, 0.3) is 0 Å². The maximum absolute atomic E-state index is 6.56. The lowest BCUT2D eigenvalue weighted by Gasteiger charge is -2.20. The number of alkyl halides is 1. The molecule has 0 fully saturated rings. The molecule has 0 nitrogen and oxygen atoms in total. The molecule has 0 saturated heterocycles. The number of hydrogen-bond acceptors (Lipinski definition) is 0. The Kier molecular flexibility index (Phi) is 4.55. The molecule has 2 rings (SSSR count). The van der Waals surface area contributed by atoms with Crippen LogP contribution in [0.3, 0.4) is 0 Å². The van der Waals surface area contributed by atoms with Crippen LogP contribution in [-0.4, -0.2) is 0 Å². The van der Waals surface area contributed by atoms with Crippen LogP contribution in [0.15, 0.2) is 48.5 Å². The first-order valence-corrected chi connectivity index (χ1v) is 7.60. The molecule has 0 heterocycles. The minimum atomic E-state index is 0.0332. The van der Waals surface area contributed by atoms with E-state index in [0.717, 1.165) is 6.42 Å². The molecule has 0 radical (unpaired) electrons. The van der Waals surface area contributed by atoms with Crippen LogP contribution in [-0.2, 0) is 11.8 Å². The van der Waals surface area contributed by atoms with Crippen LogP contribution >= 0.6 is 11.6 Å². The first kappa shape index (κ1) is 15.1. The highest BCUT2D eigenvalue weighted by Gasteiger charge is 2.15. The zero-order valence-corrected chi connectivity index (χ0v) is 13.5. The van der Waals surface area contributed by atoms with Gasteiger partial charge in [0.15, 0.2) is 0 Å². The molecule has 20 heavy (non-hydrogen) atoms. The van der Waals surface area contributed by atoms with Crippen molar-refractivity contribution in [2.45, 2.75) is 44.9 Å². The van der Waals surface area contributed by atoms with Gasteiger partial charge in [-0.3, -0.25) is 0 Å². The summed E-state index contributed by atoms with van der Waals surface area (Å²) in [6, 6.07) is 17.3. The largest absolute Gasteiger partial charge is 0.117 e. The summed E-state index contributed by atoms with van der Waals surface area (Å²) in [6.07, 6.45) is 0.873. The maximum Gasteiger partial charge on any atom is 0.0625 e. The van der Waals surface area contributed by atoms with E-state index in [0.29, 0.717) is 0 Å². The van der Waals surface area contributed by atoms with E-state index in [1.807, 2.05) is 0 Å². The van der Waals surface area contributed by atoms with E-state index in [1.54, 1.807) is 0 Å². The summed E-state index contributed by atoms with van der Waals surface area (Å²) < 4.78 is 0. The molecule has 0 aliphatic heterocycles. The van der Waals surface area contributed by atoms with E-state index in [1.165, 1.54) is 22.3 Å². The third kappa shape index (κ3) is 3.86. The van der Waals surface area contributed by atoms with Gasteiger partial charge in [-0.15, -0.1) is 11.6 Å². The van der Waals surface area contributed by atoms with Crippen molar-refractivity contribution in [3.8, 4) is 0 Å². The lowest BCUT2D eigenvalue weighted by Crippen LogP contribution is -2.10. The highest BCUT2D eigenvalue weighted by Crippen LogP contribution is 2.28. The quantitative estimate of drug-likeness (QED) is 0.624. The Balaban J connectivity index is 2.11. The number of rotatable bonds is 3. The molecule has 0 aliphatic rings. The lowest BCUT2D eigenvalue weighted by molar-refractivity contribution is 0.590. The smallest absolute Gasteiger partial charge is 0.0625 e. The van der Waals surface area contributed by atoms with E-state index < -0.39 is 0 Å². The Hall–Kier alpha value is -1.27. The predicted octanol–water partition coefficient (Wildman–Crippen LogP) is 5.82. The minimum Gasteiger partial charge on any atom is -0.117 e. The second-order valence-corrected chi connectivity index (χ2v) is 7.06. The molecule has 2 aromatic rings. The van der Waals surface area contributed by atoms with Crippen molar-refractivity contribution in [2.24, 2.45) is 0 Å². The second kappa shape index (κ2) is 6.01. The van der Waals surface area contributed by atoms with Crippen molar-refractivity contribution in [2.75, 3.05) is 0 Å². The normalized spacial score (nSPS) is 13.2. The monoisotopic (exact) mass is 286 g/mol. The highest BCUT2D eigenvalue weighted by atomic mass is 35.5. The van der Waals surface area contributed by atoms with Crippen molar-refractivity contribution >= 4 is 11.6 Å². The van der Waals surface area contributed by atoms with Crippen LogP contribution in [0, 0.1) is 6.92 Å². The minimum absolute atomic E-state index is 0.0332. The zero-order chi connectivity index (χ0) is 14.8. The van der Waals surface area contributed by atoms with Crippen LogP contribution in [0.5, 0.6) is 0 Å². The van der Waals surface area contributed by atoms with Crippen molar-refractivity contribution in [1.82, 2.24) is 0 Å². The molecule has 0 aromatic heterocycles. The van der Waals surface area contributed by atoms with Crippen LogP contribution in [0.4, 0.5) is 0 Å². The van der Waals surface area contributed by atoms with Gasteiger partial charge >= 0.3 is 0 Å². The van der Waals surface area contributed by atoms with Gasteiger partial charge in [0, 0.05) is 0 Å². The van der Waals surface area contributed by atoms with Crippen LogP contribution in [0.25, 0.3) is 0 Å². The summed E-state index contributed by atoms with van der Waals surface area (Å²) in [7, 11) is 0. The molecule has 0 spiro atoms. The predicted molar refractivity (Wildman–Crippen MR) is 88.6 cm³/mol. The van der Waals surface area contributed by atoms with Gasteiger partial charge in [-0.25, -0.2) is 0 Å². The fourth-order valence-corrected chi connectivity index (χ4v) is 2.68. The fourth-order valence-electron chi connectivity index (χ4n) is 2.36. The van der Waals surface area contributed by atoms with Gasteiger partial charge in [-0.1, -0.05) is 74.9 Å². The molecule has 1 unspecified atom stereocenters. The Labute approximate surface area is 127 Å². The number of benzene rings is 2. The Morgan fingerprint density at radius 1 is 1.00 bits per heavy atom. The standard InChI is InChI=1S/C19H23Cl/c1-14-6-5-7-15(12-14)13-18(20)16-8-10-17(11-9-16)19(2,3)4/h5-12,18H,13H2,1-4H3. The first-order valence-electron chi connectivity index (χ1n) is 7.16. The first-order chi connectivity index (χ1) is 9.36. The van der Waals surface area contributed by atoms with Crippen LogP contribution < -0.4 is 0 Å². The summed E-state index contributed by atoms with van der Waals surface area (Å²) in [5.41, 5.74) is 5.32. The van der Waals surface area contributed by atoms with Crippen LogP contribution in [0.2, 0.25) is 0 Å². The average molecular weight is 287 g/mol. The molecule has 2 aromatic carbocycles. The zero-order valence-electron chi connectivity index (χ0n) is 12.8. The van der Waals surface area contributed by atoms with E-state index in [9.17, 15) is 0 Å². The third-order valence-corrected chi connectivity index (χ3v) is 4.04. The molecule has 0 aliphatic carbocycles. The number of halogens is 1. The van der Waals surface area contributed by atoms with E-state index in [4.69, 9.17) is 11.6 Å². The van der Waals surface area contributed by atoms with Gasteiger partial charge in [-0.2, -0.15) is 0 Å². The summed E-state index contributed by atoms with van der Waals surface area (Å²) >= 11 is 6.56. The van der Waals surface area contributed by atoms with Gasteiger partial charge < -0.3 is 0 Å². The molecule has 0 saturated carbocycles. The molecule has 0 amide bonds. The van der Waals surface area contributed by atoms with E-state index in [-0.39, 0.29) is 10.8 Å². The van der Waals surface area contributed by atoms with Crippen molar-refractivity contribution < 1.29 is 0 Å². The SMILES string of the molecule is Cc1cccc(CC(Cl)c2ccc(C(C)(C)C)cc2)c1. The van der Waals surface area contributed by atoms with Crippen molar-refractivity contribution in [3.05, 3.63) is 70.8 Å². The summed E-state index contributed by atoms with van der Waals surface area (Å²) in [5, 5.41) is 0.0332. The molecular formula is C19H23Cl. The number of aryl methyl sites for hydroxylation is 1. The van der Waals surface area contributed by atoms with Gasteiger partial charge in [-0.05, 0) is 35.4 Å². The van der Waals surface area contributed by atoms with Crippen molar-refractivity contribution in [3.63, 3.8) is 0 Å². The van der Waals surface area contributed by atoms with E-state index >= 15 is 0 Å². The molecule has 1 atom stereocenters.